The molecule has 1 saturated carbocycles. The molecule has 1 fully saturated rings. The summed E-state index contributed by atoms with van der Waals surface area (Å²) < 4.78 is 19.2. The van der Waals surface area contributed by atoms with E-state index >= 15 is 0 Å². The molecule has 1 aromatic rings. The Balaban J connectivity index is 2.07. The van der Waals surface area contributed by atoms with Gasteiger partial charge in [-0.15, -0.1) is 0 Å². The Kier molecular flexibility index (Phi) is 5.16. The van der Waals surface area contributed by atoms with Gasteiger partial charge in [0.1, 0.15) is 0 Å². The third-order valence-corrected chi connectivity index (χ3v) is 3.83. The van der Waals surface area contributed by atoms with Gasteiger partial charge in [0, 0.05) is 31.3 Å². The first-order valence-electron chi connectivity index (χ1n) is 6.92. The van der Waals surface area contributed by atoms with Crippen LogP contribution < -0.4 is 4.74 Å². The van der Waals surface area contributed by atoms with Crippen LogP contribution in [0.2, 0.25) is 0 Å². The second kappa shape index (κ2) is 6.87. The molecule has 19 heavy (non-hydrogen) atoms. The van der Waals surface area contributed by atoms with Crippen molar-refractivity contribution < 1.29 is 14.2 Å². The zero-order chi connectivity index (χ0) is 13.7. The van der Waals surface area contributed by atoms with Gasteiger partial charge in [-0.05, 0) is 25.3 Å². The largest absolute Gasteiger partial charge is 0.494 e. The molecule has 0 heterocycles. The average Bonchev–Trinajstić information content (AvgIpc) is 2.36. The summed E-state index contributed by atoms with van der Waals surface area (Å²) in [5, 5.41) is 8.97. The number of hydrogen-bond donors (Lipinski definition) is 1. The average molecular weight is 267 g/mol. The maximum Gasteiger partial charge on any atom is 0.169 e. The zero-order valence-electron chi connectivity index (χ0n) is 11.4. The summed E-state index contributed by atoms with van der Waals surface area (Å²) >= 11 is 0. The van der Waals surface area contributed by atoms with Crippen molar-refractivity contribution in [2.75, 3.05) is 20.3 Å². The third kappa shape index (κ3) is 3.45. The predicted molar refractivity (Wildman–Crippen MR) is 72.7 cm³/mol. The molecule has 0 aromatic heterocycles. The number of nitrogens with zero attached hydrogens (tertiary/aromatic N) is 1. The highest BCUT2D eigenvalue weighted by Crippen LogP contribution is 2.28. The van der Waals surface area contributed by atoms with E-state index in [0.29, 0.717) is 23.9 Å². The predicted octanol–water partition coefficient (Wildman–Crippen LogP) is 2.57. The molecule has 0 atom stereocenters. The molecule has 106 valence electrons. The van der Waals surface area contributed by atoms with Gasteiger partial charge in [0.15, 0.2) is 11.6 Å². The van der Waals surface area contributed by atoms with E-state index in [-0.39, 0.29) is 12.4 Å². The van der Waals surface area contributed by atoms with Gasteiger partial charge in [-0.25, -0.2) is 4.39 Å². The number of hydrogen-bond acceptors (Lipinski definition) is 3. The first-order chi connectivity index (χ1) is 9.26. The van der Waals surface area contributed by atoms with E-state index in [1.165, 1.54) is 26.4 Å². The van der Waals surface area contributed by atoms with Crippen LogP contribution in [-0.4, -0.2) is 36.3 Å². The van der Waals surface area contributed by atoms with Gasteiger partial charge >= 0.3 is 0 Å². The second-order valence-corrected chi connectivity index (χ2v) is 5.07. The second-order valence-electron chi connectivity index (χ2n) is 5.07. The Morgan fingerprint density at radius 3 is 2.79 bits per heavy atom. The smallest absolute Gasteiger partial charge is 0.169 e. The maximum atomic E-state index is 14.1. The Morgan fingerprint density at radius 1 is 1.42 bits per heavy atom. The Bertz CT molecular complexity index is 407. The van der Waals surface area contributed by atoms with Crippen LogP contribution in [0.15, 0.2) is 18.2 Å². The lowest BCUT2D eigenvalue weighted by Gasteiger charge is -2.37. The van der Waals surface area contributed by atoms with Gasteiger partial charge in [-0.2, -0.15) is 0 Å². The molecular weight excluding hydrogens is 245 g/mol. The van der Waals surface area contributed by atoms with Crippen molar-refractivity contribution in [1.82, 2.24) is 4.90 Å². The number of halogens is 1. The molecule has 1 aliphatic rings. The highest BCUT2D eigenvalue weighted by atomic mass is 19.1. The molecule has 0 saturated heterocycles. The van der Waals surface area contributed by atoms with E-state index < -0.39 is 0 Å². The zero-order valence-corrected chi connectivity index (χ0v) is 11.4. The molecule has 2 rings (SSSR count). The number of aliphatic hydroxyl groups is 1. The number of methoxy groups -OCH3 is 1. The minimum Gasteiger partial charge on any atom is -0.494 e. The van der Waals surface area contributed by atoms with E-state index in [1.54, 1.807) is 6.07 Å². The molecule has 4 heteroatoms. The van der Waals surface area contributed by atoms with Crippen LogP contribution >= 0.6 is 0 Å². The van der Waals surface area contributed by atoms with Gasteiger partial charge in [0.05, 0.1) is 7.11 Å². The van der Waals surface area contributed by atoms with Crippen LogP contribution in [-0.2, 0) is 6.54 Å². The molecule has 1 aliphatic carbocycles. The van der Waals surface area contributed by atoms with Crippen molar-refractivity contribution in [1.29, 1.82) is 0 Å². The van der Waals surface area contributed by atoms with E-state index in [9.17, 15) is 4.39 Å². The molecular formula is C15H22FNO2. The fourth-order valence-electron chi connectivity index (χ4n) is 2.47. The molecule has 1 aromatic carbocycles. The summed E-state index contributed by atoms with van der Waals surface area (Å²) in [7, 11) is 1.48. The summed E-state index contributed by atoms with van der Waals surface area (Å²) in [6.07, 6.45) is 4.34. The van der Waals surface area contributed by atoms with Gasteiger partial charge in [0.2, 0.25) is 0 Å². The molecule has 0 aliphatic heterocycles. The van der Waals surface area contributed by atoms with E-state index in [4.69, 9.17) is 9.84 Å². The number of rotatable bonds is 7. The van der Waals surface area contributed by atoms with Crippen LogP contribution in [0.3, 0.4) is 0 Å². The Hall–Kier alpha value is -1.13. The Morgan fingerprint density at radius 2 is 2.21 bits per heavy atom. The van der Waals surface area contributed by atoms with Crippen LogP contribution in [0.4, 0.5) is 4.39 Å². The van der Waals surface area contributed by atoms with Crippen LogP contribution in [0.1, 0.15) is 31.2 Å². The third-order valence-electron chi connectivity index (χ3n) is 3.83. The molecule has 0 amide bonds. The van der Waals surface area contributed by atoms with E-state index in [2.05, 4.69) is 4.90 Å². The summed E-state index contributed by atoms with van der Waals surface area (Å²) in [5.74, 6) is 0.0338. The van der Waals surface area contributed by atoms with Crippen molar-refractivity contribution in [3.63, 3.8) is 0 Å². The summed E-state index contributed by atoms with van der Waals surface area (Å²) in [4.78, 5) is 2.28. The molecule has 0 unspecified atom stereocenters. The summed E-state index contributed by atoms with van der Waals surface area (Å²) in [6.45, 7) is 1.59. The van der Waals surface area contributed by atoms with E-state index in [1.807, 2.05) is 12.1 Å². The van der Waals surface area contributed by atoms with Crippen molar-refractivity contribution in [2.45, 2.75) is 38.3 Å². The quantitative estimate of drug-likeness (QED) is 0.824. The number of benzene rings is 1. The van der Waals surface area contributed by atoms with E-state index in [0.717, 1.165) is 13.0 Å². The maximum absolute atomic E-state index is 14.1. The topological polar surface area (TPSA) is 32.7 Å². The number of aliphatic hydroxyl groups excluding tert-OH is 1. The normalized spacial score (nSPS) is 15.6. The van der Waals surface area contributed by atoms with Gasteiger partial charge < -0.3 is 9.84 Å². The molecule has 1 N–H and O–H groups in total. The molecule has 3 nitrogen and oxygen atoms in total. The first kappa shape index (κ1) is 14.3. The minimum absolute atomic E-state index is 0.184. The highest BCUT2D eigenvalue weighted by molar-refractivity contribution is 5.31. The number of ether oxygens (including phenoxy) is 1. The molecule has 0 spiro atoms. The minimum atomic E-state index is -0.265. The Labute approximate surface area is 114 Å². The highest BCUT2D eigenvalue weighted by Gasteiger charge is 2.25. The van der Waals surface area contributed by atoms with Crippen LogP contribution in [0.5, 0.6) is 5.75 Å². The monoisotopic (exact) mass is 267 g/mol. The van der Waals surface area contributed by atoms with Gasteiger partial charge in [0.25, 0.3) is 0 Å². The van der Waals surface area contributed by atoms with Crippen molar-refractivity contribution in [3.8, 4) is 5.75 Å². The van der Waals surface area contributed by atoms with Crippen molar-refractivity contribution >= 4 is 0 Å². The summed E-state index contributed by atoms with van der Waals surface area (Å²) in [6, 6.07) is 5.81. The lowest BCUT2D eigenvalue weighted by atomic mass is 9.91. The molecule has 0 radical (unpaired) electrons. The first-order valence-corrected chi connectivity index (χ1v) is 6.92. The van der Waals surface area contributed by atoms with Gasteiger partial charge in [-0.3, -0.25) is 4.90 Å². The lowest BCUT2D eigenvalue weighted by molar-refractivity contribution is 0.108. The lowest BCUT2D eigenvalue weighted by Crippen LogP contribution is -2.40. The SMILES string of the molecule is COc1cccc(CN(CCCO)C2CCC2)c1F. The fourth-order valence-corrected chi connectivity index (χ4v) is 2.47. The standard InChI is InChI=1S/C15H22FNO2/c1-19-14-8-2-5-12(15(14)16)11-17(9-4-10-18)13-6-3-7-13/h2,5,8,13,18H,3-4,6-7,9-11H2,1H3. The van der Waals surface area contributed by atoms with Crippen LogP contribution in [0.25, 0.3) is 0 Å². The van der Waals surface area contributed by atoms with Crippen molar-refractivity contribution in [3.05, 3.63) is 29.6 Å². The fraction of sp³-hybridized carbons (Fsp3) is 0.600. The summed E-state index contributed by atoms with van der Waals surface area (Å²) in [5.41, 5.74) is 0.671. The van der Waals surface area contributed by atoms with Gasteiger partial charge in [-0.1, -0.05) is 18.6 Å². The van der Waals surface area contributed by atoms with Crippen molar-refractivity contribution in [2.24, 2.45) is 0 Å². The molecule has 0 bridgehead atoms. The van der Waals surface area contributed by atoms with Crippen LogP contribution in [0, 0.1) is 5.82 Å².